The molecule has 3 rings (SSSR count). The molecular formula is C27H31N3O4S. The predicted octanol–water partition coefficient (Wildman–Crippen LogP) is 4.21. The van der Waals surface area contributed by atoms with Gasteiger partial charge < -0.3 is 4.74 Å². The van der Waals surface area contributed by atoms with Gasteiger partial charge in [-0.15, -0.1) is 0 Å². The average molecular weight is 494 g/mol. The van der Waals surface area contributed by atoms with Gasteiger partial charge in [0.2, 0.25) is 10.0 Å². The van der Waals surface area contributed by atoms with Crippen molar-refractivity contribution in [3.63, 3.8) is 0 Å². The van der Waals surface area contributed by atoms with Crippen molar-refractivity contribution in [3.05, 3.63) is 95.6 Å². The number of hydrogen-bond acceptors (Lipinski definition) is 5. The van der Waals surface area contributed by atoms with E-state index in [4.69, 9.17) is 4.74 Å². The summed E-state index contributed by atoms with van der Waals surface area (Å²) in [4.78, 5) is 13.0. The number of nitrogens with zero attached hydrogens (tertiary/aromatic N) is 1. The maximum atomic E-state index is 12.9. The number of carbonyl (C=O) groups excluding carboxylic acids is 1. The second-order valence-corrected chi connectivity index (χ2v) is 9.90. The number of benzene rings is 3. The van der Waals surface area contributed by atoms with E-state index in [1.165, 1.54) is 18.3 Å². The highest BCUT2D eigenvalue weighted by atomic mass is 32.2. The fourth-order valence-corrected chi connectivity index (χ4v) is 4.44. The lowest BCUT2D eigenvalue weighted by atomic mass is 10.1. The summed E-state index contributed by atoms with van der Waals surface area (Å²) in [6.45, 7) is 4.65. The molecule has 0 bridgehead atoms. The topological polar surface area (TPSA) is 96.9 Å². The smallest absolute Gasteiger partial charge is 0.258 e. The molecule has 0 aromatic heterocycles. The predicted molar refractivity (Wildman–Crippen MR) is 138 cm³/mol. The van der Waals surface area contributed by atoms with Crippen molar-refractivity contribution in [2.75, 3.05) is 6.61 Å². The maximum Gasteiger partial charge on any atom is 0.258 e. The van der Waals surface area contributed by atoms with E-state index < -0.39 is 22.0 Å². The quantitative estimate of drug-likeness (QED) is 0.224. The number of unbranched alkanes of at least 4 members (excludes halogenated alkanes) is 1. The van der Waals surface area contributed by atoms with Gasteiger partial charge in [-0.2, -0.15) is 9.82 Å². The Balaban J connectivity index is 1.68. The second-order valence-electron chi connectivity index (χ2n) is 8.18. The summed E-state index contributed by atoms with van der Waals surface area (Å²) < 4.78 is 34.0. The number of hydrogen-bond donors (Lipinski definition) is 2. The van der Waals surface area contributed by atoms with Gasteiger partial charge in [-0.25, -0.2) is 13.8 Å². The first kappa shape index (κ1) is 26.1. The molecule has 2 N–H and O–H groups in total. The van der Waals surface area contributed by atoms with Gasteiger partial charge in [0.25, 0.3) is 5.91 Å². The summed E-state index contributed by atoms with van der Waals surface area (Å²) in [5, 5.41) is 4.02. The third-order valence-corrected chi connectivity index (χ3v) is 6.75. The Kier molecular flexibility index (Phi) is 9.57. The molecule has 3 aromatic rings. The molecule has 1 amide bonds. The Labute approximate surface area is 207 Å². The number of nitrogens with one attached hydrogen (secondary N) is 2. The molecule has 0 fully saturated rings. The normalized spacial score (nSPS) is 12.4. The molecule has 0 radical (unpaired) electrons. The zero-order valence-corrected chi connectivity index (χ0v) is 20.8. The van der Waals surface area contributed by atoms with Crippen molar-refractivity contribution in [3.8, 4) is 5.75 Å². The minimum atomic E-state index is -3.91. The van der Waals surface area contributed by atoms with Crippen LogP contribution in [0.3, 0.4) is 0 Å². The molecule has 0 aliphatic heterocycles. The average Bonchev–Trinajstić information content (AvgIpc) is 2.85. The minimum Gasteiger partial charge on any atom is -0.494 e. The van der Waals surface area contributed by atoms with Gasteiger partial charge in [-0.1, -0.05) is 61.4 Å². The summed E-state index contributed by atoms with van der Waals surface area (Å²) in [7, 11) is -3.91. The SMILES string of the molecule is CCCCOc1ccc(/C=N\NC(=O)[C@@H](Cc2ccccc2)NS(=O)(=O)c2ccc(C)cc2)cc1. The van der Waals surface area contributed by atoms with Gasteiger partial charge in [0, 0.05) is 0 Å². The van der Waals surface area contributed by atoms with E-state index in [1.54, 1.807) is 12.1 Å². The van der Waals surface area contributed by atoms with Crippen molar-refractivity contribution in [2.24, 2.45) is 5.10 Å². The molecule has 0 saturated heterocycles. The van der Waals surface area contributed by atoms with Crippen LogP contribution in [0.4, 0.5) is 0 Å². The van der Waals surface area contributed by atoms with E-state index in [0.29, 0.717) is 6.61 Å². The molecule has 0 spiro atoms. The fourth-order valence-electron chi connectivity index (χ4n) is 3.24. The van der Waals surface area contributed by atoms with Crippen LogP contribution in [0.5, 0.6) is 5.75 Å². The molecule has 0 unspecified atom stereocenters. The number of sulfonamides is 1. The van der Waals surface area contributed by atoms with Gasteiger partial charge in [-0.3, -0.25) is 4.79 Å². The first-order chi connectivity index (χ1) is 16.9. The van der Waals surface area contributed by atoms with E-state index >= 15 is 0 Å². The van der Waals surface area contributed by atoms with Crippen LogP contribution in [0, 0.1) is 6.92 Å². The van der Waals surface area contributed by atoms with Crippen LogP contribution >= 0.6 is 0 Å². The monoisotopic (exact) mass is 493 g/mol. The second kappa shape index (κ2) is 12.8. The first-order valence-corrected chi connectivity index (χ1v) is 13.0. The summed E-state index contributed by atoms with van der Waals surface area (Å²) in [6.07, 6.45) is 3.74. The molecule has 35 heavy (non-hydrogen) atoms. The van der Waals surface area contributed by atoms with Crippen LogP contribution in [0.25, 0.3) is 0 Å². The molecule has 7 nitrogen and oxygen atoms in total. The van der Waals surface area contributed by atoms with Gasteiger partial charge in [0.05, 0.1) is 17.7 Å². The van der Waals surface area contributed by atoms with Crippen LogP contribution in [-0.4, -0.2) is 33.2 Å². The fraction of sp³-hybridized carbons (Fsp3) is 0.259. The van der Waals surface area contributed by atoms with E-state index in [1.807, 2.05) is 61.5 Å². The van der Waals surface area contributed by atoms with E-state index in [2.05, 4.69) is 22.2 Å². The Bertz CT molecular complexity index is 1210. The number of amides is 1. The Morgan fingerprint density at radius 3 is 2.34 bits per heavy atom. The van der Waals surface area contributed by atoms with E-state index in [-0.39, 0.29) is 11.3 Å². The molecule has 3 aromatic carbocycles. The molecule has 0 aliphatic rings. The Hall–Kier alpha value is -3.49. The first-order valence-electron chi connectivity index (χ1n) is 11.6. The minimum absolute atomic E-state index is 0.0960. The number of carbonyl (C=O) groups is 1. The Morgan fingerprint density at radius 2 is 1.69 bits per heavy atom. The zero-order chi connectivity index (χ0) is 25.1. The van der Waals surface area contributed by atoms with Gasteiger partial charge >= 0.3 is 0 Å². The highest BCUT2D eigenvalue weighted by Gasteiger charge is 2.26. The lowest BCUT2D eigenvalue weighted by Gasteiger charge is -2.17. The molecule has 0 aliphatic carbocycles. The molecule has 0 saturated carbocycles. The van der Waals surface area contributed by atoms with Gasteiger partial charge in [0.1, 0.15) is 11.8 Å². The van der Waals surface area contributed by atoms with E-state index in [9.17, 15) is 13.2 Å². The third-order valence-electron chi connectivity index (χ3n) is 5.26. The summed E-state index contributed by atoms with van der Waals surface area (Å²) in [5.74, 6) is 0.216. The van der Waals surface area contributed by atoms with E-state index in [0.717, 1.165) is 35.3 Å². The third kappa shape index (κ3) is 8.35. The summed E-state index contributed by atoms with van der Waals surface area (Å²) in [6, 6.07) is 22.0. The van der Waals surface area contributed by atoms with Crippen molar-refractivity contribution in [1.29, 1.82) is 0 Å². The lowest BCUT2D eigenvalue weighted by Crippen LogP contribution is -2.46. The van der Waals surface area contributed by atoms with Crippen molar-refractivity contribution in [1.82, 2.24) is 10.1 Å². The highest BCUT2D eigenvalue weighted by molar-refractivity contribution is 7.89. The van der Waals surface area contributed by atoms with Crippen LogP contribution in [0.15, 0.2) is 88.9 Å². The summed E-state index contributed by atoms with van der Waals surface area (Å²) >= 11 is 0. The largest absolute Gasteiger partial charge is 0.494 e. The lowest BCUT2D eigenvalue weighted by molar-refractivity contribution is -0.122. The molecule has 8 heteroatoms. The molecule has 1 atom stereocenters. The molecular weight excluding hydrogens is 462 g/mol. The zero-order valence-electron chi connectivity index (χ0n) is 20.0. The number of aryl methyl sites for hydroxylation is 1. The standard InChI is InChI=1S/C27H31N3O4S/c1-3-4-18-34-24-14-12-23(13-15-24)20-28-29-27(31)26(19-22-8-6-5-7-9-22)30-35(32,33)25-16-10-21(2)11-17-25/h5-17,20,26,30H,3-4,18-19H2,1-2H3,(H,29,31)/b28-20-/t26-/m1/s1. The van der Waals surface area contributed by atoms with Crippen molar-refractivity contribution in [2.45, 2.75) is 44.0 Å². The Morgan fingerprint density at radius 1 is 1.00 bits per heavy atom. The van der Waals surface area contributed by atoms with Crippen LogP contribution in [-0.2, 0) is 21.2 Å². The van der Waals surface area contributed by atoms with Gasteiger partial charge in [0.15, 0.2) is 0 Å². The highest BCUT2D eigenvalue weighted by Crippen LogP contribution is 2.13. The molecule has 0 heterocycles. The number of rotatable bonds is 12. The van der Waals surface area contributed by atoms with Crippen molar-refractivity contribution < 1.29 is 17.9 Å². The van der Waals surface area contributed by atoms with Crippen molar-refractivity contribution >= 4 is 22.1 Å². The van der Waals surface area contributed by atoms with Crippen LogP contribution < -0.4 is 14.9 Å². The number of hydrazone groups is 1. The molecule has 184 valence electrons. The van der Waals surface area contributed by atoms with Gasteiger partial charge in [-0.05, 0) is 67.3 Å². The van der Waals surface area contributed by atoms with Crippen LogP contribution in [0.2, 0.25) is 0 Å². The number of ether oxygens (including phenoxy) is 1. The van der Waals surface area contributed by atoms with Crippen LogP contribution in [0.1, 0.15) is 36.5 Å². The maximum absolute atomic E-state index is 12.9. The summed E-state index contributed by atoms with van der Waals surface area (Å²) in [5.41, 5.74) is 5.00.